The summed E-state index contributed by atoms with van der Waals surface area (Å²) in [7, 11) is 0. The minimum atomic E-state index is -2.20. The van der Waals surface area contributed by atoms with Crippen LogP contribution in [0.15, 0.2) is 0 Å². The average molecular weight is 445 g/mol. The molecule has 138 valence electrons. The number of hydrogen-bond acceptors (Lipinski definition) is 8. The Kier molecular flexibility index (Phi) is 41.8. The fourth-order valence-corrected chi connectivity index (χ4v) is 0.668. The van der Waals surface area contributed by atoms with Crippen molar-refractivity contribution < 1.29 is 60.3 Å². The summed E-state index contributed by atoms with van der Waals surface area (Å²) >= 11 is 0. The van der Waals surface area contributed by atoms with Crippen LogP contribution < -0.4 is 0 Å². The van der Waals surface area contributed by atoms with E-state index in [1.807, 2.05) is 0 Å². The third kappa shape index (κ3) is 31.5. The summed E-state index contributed by atoms with van der Waals surface area (Å²) < 4.78 is 0. The van der Waals surface area contributed by atoms with Crippen molar-refractivity contribution in [2.75, 3.05) is 6.61 Å². The molecule has 0 fully saturated rings. The molecule has 0 heterocycles. The first kappa shape index (κ1) is 40.5. The number of hydrogen-bond donors (Lipinski definition) is 9. The van der Waals surface area contributed by atoms with Gasteiger partial charge in [-0.25, -0.2) is 9.59 Å². The summed E-state index contributed by atoms with van der Waals surface area (Å²) in [6.45, 7) is 0.241. The molecule has 0 aliphatic carbocycles. The third-order valence-corrected chi connectivity index (χ3v) is 1.51. The van der Waals surface area contributed by atoms with Crippen molar-refractivity contribution in [2.24, 2.45) is 0 Å². The number of rotatable bonds is 5. The quantitative estimate of drug-likeness (QED) is 0.180. The van der Waals surface area contributed by atoms with Crippen LogP contribution in [0.5, 0.6) is 0 Å². The van der Waals surface area contributed by atoms with Gasteiger partial charge in [-0.3, -0.25) is 4.79 Å². The first-order chi connectivity index (χ1) is 9.38. The topological polar surface area (TPSA) is 233 Å². The average Bonchev–Trinajstić information content (AvgIpc) is 2.33. The molecule has 24 heavy (non-hydrogen) atoms. The van der Waals surface area contributed by atoms with Gasteiger partial charge in [0.05, 0.1) is 6.61 Å². The second kappa shape index (κ2) is 24.8. The van der Waals surface area contributed by atoms with Gasteiger partial charge in [0.25, 0.3) is 5.97 Å². The Morgan fingerprint density at radius 3 is 1.21 bits per heavy atom. The molecule has 9 N–H and O–H groups in total. The first-order valence-electron chi connectivity index (χ1n) is 5.05. The molecule has 0 aliphatic heterocycles. The fraction of sp³-hybridized carbons (Fsp3) is 0.667. The van der Waals surface area contributed by atoms with Crippen LogP contribution in [0.3, 0.4) is 0 Å². The van der Waals surface area contributed by atoms with Crippen LogP contribution >= 0.6 is 0 Å². The van der Waals surface area contributed by atoms with Gasteiger partial charge in [-0.1, -0.05) is 0 Å². The molecule has 4 atom stereocenters. The van der Waals surface area contributed by atoms with Gasteiger partial charge in [-0.2, -0.15) is 0 Å². The zero-order valence-corrected chi connectivity index (χ0v) is 10.8. The van der Waals surface area contributed by atoms with E-state index >= 15 is 0 Å². The maximum absolute atomic E-state index is 10.1. The molecule has 0 bridgehead atoms. The molecule has 0 aliphatic rings. The van der Waals surface area contributed by atoms with Gasteiger partial charge in [-0.15, -0.1) is 0 Å². The summed E-state index contributed by atoms with van der Waals surface area (Å²) in [6, 6.07) is 0. The summed E-state index contributed by atoms with van der Waals surface area (Å²) in [5, 5.41) is 73.2. The van der Waals surface area contributed by atoms with Gasteiger partial charge >= 0.3 is 125 Å². The summed E-state index contributed by atoms with van der Waals surface area (Å²) in [5.74, 6) is -2.56. The van der Waals surface area contributed by atoms with Gasteiger partial charge in [0.1, 0.15) is 18.3 Å². The molecule has 0 saturated heterocycles. The molecule has 0 aromatic heterocycles. The molecule has 0 radical (unpaired) electrons. The molecule has 0 aromatic carbocycles. The van der Waals surface area contributed by atoms with E-state index in [0.29, 0.717) is 0 Å². The molecular weight excluding hydrogens is 420 g/mol. The number of carboxylic acids is 2. The van der Waals surface area contributed by atoms with Crippen LogP contribution in [0.2, 0.25) is 0 Å². The number of carbonyl (C=O) groups is 3. The van der Waals surface area contributed by atoms with Crippen LogP contribution in [0.4, 0.5) is 4.79 Å². The van der Waals surface area contributed by atoms with Crippen molar-refractivity contribution in [3.8, 4) is 0 Å². The minimum absolute atomic E-state index is 0. The standard InChI is InChI=1S/C6H12O7.C2H4O2.CH2O3.3Ca.6H/c7-1-2(8)3(9)4(10)5(11)6(12)13;1-2(3)4;2-1(3)4;;;;;;;;;/h2-5,7-11H,1H2,(H,12,13);1H3,(H,3,4);(H2,2,3,4);;;;;;;;;. The van der Waals surface area contributed by atoms with Crippen LogP contribution in [0.25, 0.3) is 0 Å². The predicted molar refractivity (Wildman–Crippen MR) is 88.3 cm³/mol. The van der Waals surface area contributed by atoms with Gasteiger partial charge in [0.15, 0.2) is 6.10 Å². The van der Waals surface area contributed by atoms with E-state index in [-0.39, 0.29) is 113 Å². The molecule has 12 nitrogen and oxygen atoms in total. The van der Waals surface area contributed by atoms with Gasteiger partial charge in [0.2, 0.25) is 0 Å². The van der Waals surface area contributed by atoms with Crippen LogP contribution in [0.1, 0.15) is 6.92 Å². The molecule has 15 heteroatoms. The molecule has 0 aromatic rings. The molecule has 0 rings (SSSR count). The third-order valence-electron chi connectivity index (χ3n) is 1.51. The Morgan fingerprint density at radius 2 is 1.04 bits per heavy atom. The zero-order chi connectivity index (χ0) is 17.7. The van der Waals surface area contributed by atoms with Crippen molar-refractivity contribution in [3.05, 3.63) is 0 Å². The summed E-state index contributed by atoms with van der Waals surface area (Å²) in [4.78, 5) is 27.6. The Balaban J connectivity index is -0.0000000626. The molecule has 0 spiro atoms. The van der Waals surface area contributed by atoms with E-state index in [1.54, 1.807) is 0 Å². The predicted octanol–water partition coefficient (Wildman–Crippen LogP) is -5.93. The van der Waals surface area contributed by atoms with Crippen molar-refractivity contribution in [1.29, 1.82) is 0 Å². The number of aliphatic hydroxyl groups is 5. The molecule has 4 unspecified atom stereocenters. The van der Waals surface area contributed by atoms with E-state index in [1.165, 1.54) is 0 Å². The van der Waals surface area contributed by atoms with E-state index in [9.17, 15) is 4.79 Å². The fourth-order valence-electron chi connectivity index (χ4n) is 0.668. The Hall–Kier alpha value is 1.79. The normalized spacial score (nSPS) is 13.1. The van der Waals surface area contributed by atoms with Gasteiger partial charge in [-0.05, 0) is 0 Å². The Morgan fingerprint density at radius 1 is 0.792 bits per heavy atom. The van der Waals surface area contributed by atoms with Crippen molar-refractivity contribution >= 4 is 131 Å². The van der Waals surface area contributed by atoms with Crippen molar-refractivity contribution in [2.45, 2.75) is 31.3 Å². The van der Waals surface area contributed by atoms with E-state index in [2.05, 4.69) is 0 Å². The molecule has 0 saturated carbocycles. The van der Waals surface area contributed by atoms with E-state index in [0.717, 1.165) is 6.92 Å². The second-order valence-corrected chi connectivity index (χ2v) is 3.32. The first-order valence-corrected chi connectivity index (χ1v) is 5.05. The van der Waals surface area contributed by atoms with Crippen LogP contribution in [0, 0.1) is 0 Å². The number of aliphatic carboxylic acids is 2. The monoisotopic (exact) mass is 444 g/mol. The summed E-state index contributed by atoms with van der Waals surface area (Å²) in [6.07, 6.45) is -9.67. The molecule has 0 amide bonds. The van der Waals surface area contributed by atoms with Gasteiger partial charge < -0.3 is 46.0 Å². The zero-order valence-electron chi connectivity index (χ0n) is 10.8. The SMILES string of the molecule is CC(=O)O.O=C(O)C(O)C(O)C(O)C(O)CO.O=C(O)O.[CaH2].[CaH2].[CaH2]. The van der Waals surface area contributed by atoms with E-state index in [4.69, 9.17) is 55.5 Å². The number of aliphatic hydroxyl groups excluding tert-OH is 5. The maximum atomic E-state index is 10.1. The van der Waals surface area contributed by atoms with Gasteiger partial charge in [0, 0.05) is 6.92 Å². The Bertz CT molecular complexity index is 309. The van der Waals surface area contributed by atoms with Crippen LogP contribution in [-0.4, -0.2) is 208 Å². The van der Waals surface area contributed by atoms with E-state index < -0.39 is 49.1 Å². The Labute approximate surface area is 226 Å². The van der Waals surface area contributed by atoms with Crippen molar-refractivity contribution in [3.63, 3.8) is 0 Å². The second-order valence-electron chi connectivity index (χ2n) is 3.32. The van der Waals surface area contributed by atoms with Crippen molar-refractivity contribution in [1.82, 2.24) is 0 Å². The number of carboxylic acid groups (broad SMARTS) is 4. The molecular formula is C9H24Ca3O12. The van der Waals surface area contributed by atoms with Crippen LogP contribution in [-0.2, 0) is 9.59 Å². The summed E-state index contributed by atoms with van der Waals surface area (Å²) in [5.41, 5.74) is 0.